The Morgan fingerprint density at radius 2 is 1.78 bits per heavy atom. The van der Waals surface area contributed by atoms with Crippen LogP contribution in [0.25, 0.3) is 5.70 Å². The molecule has 2 aliphatic rings. The molecule has 2 aromatic carbocycles. The van der Waals surface area contributed by atoms with Crippen molar-refractivity contribution < 1.29 is 0 Å². The molecule has 2 aromatic rings. The molecule has 0 saturated heterocycles. The largest absolute Gasteiger partial charge is 0.329 e. The van der Waals surface area contributed by atoms with Crippen LogP contribution in [-0.2, 0) is 6.42 Å². The van der Waals surface area contributed by atoms with Gasteiger partial charge in [0.1, 0.15) is 5.84 Å². The molecular weight excluding hydrogens is 388 g/mol. The number of para-hydroxylation sites is 1. The first-order valence-corrected chi connectivity index (χ1v) is 11.8. The highest BCUT2D eigenvalue weighted by atomic mass is 15.2. The molecule has 2 nitrogen and oxygen atoms in total. The van der Waals surface area contributed by atoms with Gasteiger partial charge < -0.3 is 4.90 Å². The molecule has 0 atom stereocenters. The second-order valence-electron chi connectivity index (χ2n) is 8.58. The Morgan fingerprint density at radius 1 is 1.06 bits per heavy atom. The number of allylic oxidation sites excluding steroid dienone is 2. The van der Waals surface area contributed by atoms with Crippen molar-refractivity contribution in [1.29, 1.82) is 0 Å². The van der Waals surface area contributed by atoms with Crippen LogP contribution in [0.1, 0.15) is 67.3 Å². The third-order valence-corrected chi connectivity index (χ3v) is 5.99. The van der Waals surface area contributed by atoms with Gasteiger partial charge in [-0.2, -0.15) is 0 Å². The number of benzene rings is 2. The van der Waals surface area contributed by atoms with Crippen LogP contribution in [0.15, 0.2) is 72.3 Å². The summed E-state index contributed by atoms with van der Waals surface area (Å²) in [6.07, 6.45) is 10.0. The third-order valence-electron chi connectivity index (χ3n) is 5.99. The molecule has 0 aromatic heterocycles. The minimum atomic E-state index is 1.01. The van der Waals surface area contributed by atoms with Crippen LogP contribution < -0.4 is 0 Å². The highest BCUT2D eigenvalue weighted by Crippen LogP contribution is 2.37. The molecule has 0 unspecified atom stereocenters. The summed E-state index contributed by atoms with van der Waals surface area (Å²) in [6, 6.07) is 12.9. The maximum absolute atomic E-state index is 4.98. The monoisotopic (exact) mass is 428 g/mol. The van der Waals surface area contributed by atoms with Gasteiger partial charge in [-0.1, -0.05) is 67.6 Å². The van der Waals surface area contributed by atoms with Gasteiger partial charge in [0, 0.05) is 18.3 Å². The lowest BCUT2D eigenvalue weighted by Crippen LogP contribution is -2.29. The fraction of sp³-hybridized carbons (Fsp3) is 0.367. The maximum Gasteiger partial charge on any atom is 0.136 e. The van der Waals surface area contributed by atoms with E-state index < -0.39 is 0 Å². The van der Waals surface area contributed by atoms with Gasteiger partial charge in [-0.25, -0.2) is 4.99 Å². The molecular formula is C30H40N2. The standard InChI is InChI=1S/C18H22N2.C9H12.C3H6/c1-4-14-11-8-12-16-13(2)20(3)18(19-17(14)16)15-9-6-5-7-10-15;1-7-4-5-8(2)9(3)6-7;1-3-2/h8-9,11-12H,2,4-7,10H2,1,3H3;4-6H,1-3H3;3H,1H2,2H3. The highest BCUT2D eigenvalue weighted by Gasteiger charge is 2.24. The van der Waals surface area contributed by atoms with E-state index in [1.54, 1.807) is 6.08 Å². The van der Waals surface area contributed by atoms with Gasteiger partial charge in [-0.3, -0.25) is 0 Å². The van der Waals surface area contributed by atoms with Gasteiger partial charge in [0.2, 0.25) is 0 Å². The molecule has 32 heavy (non-hydrogen) atoms. The number of nitrogens with zero attached hydrogens (tertiary/aromatic N) is 2. The summed E-state index contributed by atoms with van der Waals surface area (Å²) in [5.41, 5.74) is 10.2. The van der Waals surface area contributed by atoms with E-state index >= 15 is 0 Å². The first-order valence-electron chi connectivity index (χ1n) is 11.8. The van der Waals surface area contributed by atoms with Gasteiger partial charge in [0.05, 0.1) is 5.69 Å². The van der Waals surface area contributed by atoms with E-state index in [-0.39, 0.29) is 0 Å². The number of hydrogen-bond acceptors (Lipinski definition) is 2. The van der Waals surface area contributed by atoms with Gasteiger partial charge in [-0.15, -0.1) is 6.58 Å². The third kappa shape index (κ3) is 6.32. The Labute approximate surface area is 196 Å². The van der Waals surface area contributed by atoms with Crippen molar-refractivity contribution in [3.63, 3.8) is 0 Å². The van der Waals surface area contributed by atoms with Crippen molar-refractivity contribution in [3.05, 3.63) is 95.1 Å². The molecule has 0 radical (unpaired) electrons. The maximum atomic E-state index is 4.98. The van der Waals surface area contributed by atoms with Gasteiger partial charge in [-0.05, 0) is 82.1 Å². The van der Waals surface area contributed by atoms with E-state index in [0.717, 1.165) is 30.1 Å². The van der Waals surface area contributed by atoms with E-state index in [1.165, 1.54) is 52.7 Å². The normalized spacial score (nSPS) is 14.7. The second-order valence-corrected chi connectivity index (χ2v) is 8.58. The molecule has 0 bridgehead atoms. The van der Waals surface area contributed by atoms with Crippen molar-refractivity contribution in [1.82, 2.24) is 4.90 Å². The number of rotatable bonds is 2. The lowest BCUT2D eigenvalue weighted by atomic mass is 9.95. The number of likely N-dealkylation sites (N-methyl/N-ethyl adjacent to an activating group) is 1. The van der Waals surface area contributed by atoms with Crippen LogP contribution in [-0.4, -0.2) is 17.8 Å². The number of aryl methyl sites for hydroxylation is 4. The summed E-state index contributed by atoms with van der Waals surface area (Å²) in [5, 5.41) is 0. The Morgan fingerprint density at radius 3 is 2.34 bits per heavy atom. The topological polar surface area (TPSA) is 15.6 Å². The summed E-state index contributed by atoms with van der Waals surface area (Å²) in [7, 11) is 2.08. The summed E-state index contributed by atoms with van der Waals surface area (Å²) < 4.78 is 0. The first kappa shape index (κ1) is 25.4. The molecule has 170 valence electrons. The smallest absolute Gasteiger partial charge is 0.136 e. The Hall–Kier alpha value is -2.87. The van der Waals surface area contributed by atoms with E-state index in [4.69, 9.17) is 4.99 Å². The molecule has 0 fully saturated rings. The molecule has 1 aliphatic carbocycles. The minimum Gasteiger partial charge on any atom is -0.329 e. The average molecular weight is 429 g/mol. The molecule has 0 N–H and O–H groups in total. The fourth-order valence-corrected chi connectivity index (χ4v) is 3.95. The lowest BCUT2D eigenvalue weighted by Gasteiger charge is -2.32. The van der Waals surface area contributed by atoms with Crippen LogP contribution >= 0.6 is 0 Å². The van der Waals surface area contributed by atoms with Crippen LogP contribution in [0.2, 0.25) is 0 Å². The van der Waals surface area contributed by atoms with E-state index in [2.05, 4.69) is 95.3 Å². The van der Waals surface area contributed by atoms with Crippen LogP contribution in [0, 0.1) is 20.8 Å². The summed E-state index contributed by atoms with van der Waals surface area (Å²) in [6.45, 7) is 18.1. The summed E-state index contributed by atoms with van der Waals surface area (Å²) in [4.78, 5) is 7.14. The molecule has 2 heteroatoms. The predicted octanol–water partition coefficient (Wildman–Crippen LogP) is 8.50. The van der Waals surface area contributed by atoms with Gasteiger partial charge in [0.25, 0.3) is 0 Å². The van der Waals surface area contributed by atoms with E-state index in [1.807, 2.05) is 6.92 Å². The van der Waals surface area contributed by atoms with E-state index in [9.17, 15) is 0 Å². The highest BCUT2D eigenvalue weighted by molar-refractivity contribution is 6.07. The van der Waals surface area contributed by atoms with Crippen LogP contribution in [0.4, 0.5) is 5.69 Å². The van der Waals surface area contributed by atoms with Gasteiger partial charge in [0.15, 0.2) is 0 Å². The fourth-order valence-electron chi connectivity index (χ4n) is 3.95. The quantitative estimate of drug-likeness (QED) is 0.438. The zero-order valence-corrected chi connectivity index (χ0v) is 21.0. The van der Waals surface area contributed by atoms with Crippen molar-refractivity contribution >= 4 is 17.2 Å². The molecule has 1 heterocycles. The molecule has 0 spiro atoms. The van der Waals surface area contributed by atoms with Crippen molar-refractivity contribution in [2.45, 2.75) is 66.7 Å². The SMILES string of the molecule is C=C1c2cccc(CC)c2N=C(C2=CCCCC2)N1C.C=CC.Cc1ccc(C)c(C)c1. The molecule has 4 rings (SSSR count). The van der Waals surface area contributed by atoms with Crippen LogP contribution in [0.3, 0.4) is 0 Å². The first-order chi connectivity index (χ1) is 15.3. The Kier molecular flexibility index (Phi) is 9.71. The Bertz CT molecular complexity index is 1010. The van der Waals surface area contributed by atoms with Crippen molar-refractivity contribution in [3.8, 4) is 0 Å². The van der Waals surface area contributed by atoms with Crippen molar-refractivity contribution in [2.24, 2.45) is 4.99 Å². The number of amidine groups is 1. The minimum absolute atomic E-state index is 1.01. The summed E-state index contributed by atoms with van der Waals surface area (Å²) in [5.74, 6) is 1.10. The number of aliphatic imine (C=N–C) groups is 1. The average Bonchev–Trinajstić information content (AvgIpc) is 2.80. The number of hydrogen-bond donors (Lipinski definition) is 0. The zero-order chi connectivity index (χ0) is 23.7. The molecule has 1 aliphatic heterocycles. The number of fused-ring (bicyclic) bond motifs is 1. The van der Waals surface area contributed by atoms with Gasteiger partial charge >= 0.3 is 0 Å². The Balaban J connectivity index is 0.000000252. The predicted molar refractivity (Wildman–Crippen MR) is 143 cm³/mol. The lowest BCUT2D eigenvalue weighted by molar-refractivity contribution is 0.671. The van der Waals surface area contributed by atoms with Crippen molar-refractivity contribution in [2.75, 3.05) is 7.05 Å². The molecule has 0 amide bonds. The van der Waals surface area contributed by atoms with Crippen LogP contribution in [0.5, 0.6) is 0 Å². The zero-order valence-electron chi connectivity index (χ0n) is 21.0. The van der Waals surface area contributed by atoms with E-state index in [0.29, 0.717) is 0 Å². The summed E-state index contributed by atoms with van der Waals surface area (Å²) >= 11 is 0. The molecule has 0 saturated carbocycles. The second kappa shape index (κ2) is 12.2.